The van der Waals surface area contributed by atoms with Crippen LogP contribution in [-0.2, 0) is 6.42 Å². The summed E-state index contributed by atoms with van der Waals surface area (Å²) in [7, 11) is 1.57. The Balaban J connectivity index is 3.02. The lowest BCUT2D eigenvalue weighted by Gasteiger charge is -2.13. The van der Waals surface area contributed by atoms with Crippen LogP contribution >= 0.6 is 0 Å². The fourth-order valence-electron chi connectivity index (χ4n) is 1.78. The molecule has 18 heavy (non-hydrogen) atoms. The average Bonchev–Trinajstić information content (AvgIpc) is 2.33. The van der Waals surface area contributed by atoms with Gasteiger partial charge in [-0.3, -0.25) is 4.99 Å². The van der Waals surface area contributed by atoms with Crippen LogP contribution in [0.25, 0.3) is 0 Å². The first-order valence-corrected chi connectivity index (χ1v) is 5.91. The maximum atomic E-state index is 5.77. The Hall–Kier alpha value is -2.04. The molecule has 0 aliphatic rings. The Bertz CT molecular complexity index is 465. The van der Waals surface area contributed by atoms with E-state index < -0.39 is 0 Å². The van der Waals surface area contributed by atoms with Crippen LogP contribution in [0.15, 0.2) is 22.1 Å². The number of anilines is 1. The molecule has 1 rings (SSSR count). The molecule has 0 bridgehead atoms. The molecular weight excluding hydrogens is 226 g/mol. The van der Waals surface area contributed by atoms with Crippen molar-refractivity contribution in [2.75, 3.05) is 12.4 Å². The van der Waals surface area contributed by atoms with Crippen LogP contribution in [0.3, 0.4) is 0 Å². The molecule has 1 aromatic rings. The highest BCUT2D eigenvalue weighted by Gasteiger charge is 2.05. The van der Waals surface area contributed by atoms with E-state index in [0.717, 1.165) is 23.2 Å². The van der Waals surface area contributed by atoms with Crippen molar-refractivity contribution in [3.05, 3.63) is 28.8 Å². The number of nitrogens with zero attached hydrogens (tertiary/aromatic N) is 2. The summed E-state index contributed by atoms with van der Waals surface area (Å²) in [5.41, 5.74) is 15.8. The normalized spacial score (nSPS) is 12.7. The van der Waals surface area contributed by atoms with Gasteiger partial charge in [-0.15, -0.1) is 0 Å². The summed E-state index contributed by atoms with van der Waals surface area (Å²) in [5, 5.41) is 3.06. The van der Waals surface area contributed by atoms with Gasteiger partial charge in [0.2, 0.25) is 11.9 Å². The van der Waals surface area contributed by atoms with Crippen molar-refractivity contribution in [1.82, 2.24) is 0 Å². The third kappa shape index (κ3) is 3.48. The maximum Gasteiger partial charge on any atom is 0.218 e. The average molecular weight is 247 g/mol. The minimum absolute atomic E-state index is 0.153. The zero-order chi connectivity index (χ0) is 13.7. The van der Waals surface area contributed by atoms with Crippen LogP contribution in [-0.4, -0.2) is 19.0 Å². The fourth-order valence-corrected chi connectivity index (χ4v) is 1.78. The Labute approximate surface area is 108 Å². The van der Waals surface area contributed by atoms with E-state index in [1.165, 1.54) is 5.56 Å². The molecule has 0 heterocycles. The van der Waals surface area contributed by atoms with E-state index in [9.17, 15) is 0 Å². The third-order valence-corrected chi connectivity index (χ3v) is 2.72. The monoisotopic (exact) mass is 247 g/mol. The Morgan fingerprint density at radius 1 is 1.22 bits per heavy atom. The van der Waals surface area contributed by atoms with Crippen LogP contribution in [0, 0.1) is 13.8 Å². The van der Waals surface area contributed by atoms with Gasteiger partial charge in [0.25, 0.3) is 0 Å². The van der Waals surface area contributed by atoms with Crippen molar-refractivity contribution < 1.29 is 0 Å². The van der Waals surface area contributed by atoms with E-state index in [1.807, 2.05) is 13.8 Å². The van der Waals surface area contributed by atoms with E-state index in [4.69, 9.17) is 11.5 Å². The highest BCUT2D eigenvalue weighted by molar-refractivity contribution is 6.01. The molecule has 0 unspecified atom stereocenters. The Morgan fingerprint density at radius 3 is 2.22 bits per heavy atom. The number of benzene rings is 1. The molecule has 0 saturated carbocycles. The van der Waals surface area contributed by atoms with Gasteiger partial charge in [0.05, 0.1) is 0 Å². The Morgan fingerprint density at radius 2 is 1.78 bits per heavy atom. The topological polar surface area (TPSA) is 88.8 Å². The fraction of sp³-hybridized carbons (Fsp3) is 0.385. The van der Waals surface area contributed by atoms with Crippen molar-refractivity contribution in [3.63, 3.8) is 0 Å². The van der Waals surface area contributed by atoms with E-state index >= 15 is 0 Å². The molecule has 0 saturated heterocycles. The van der Waals surface area contributed by atoms with Crippen molar-refractivity contribution in [2.45, 2.75) is 27.2 Å². The number of nitrogens with two attached hydrogens (primary N) is 2. The second-order valence-corrected chi connectivity index (χ2v) is 4.16. The predicted molar refractivity (Wildman–Crippen MR) is 78.1 cm³/mol. The van der Waals surface area contributed by atoms with E-state index in [0.29, 0.717) is 0 Å². The molecule has 0 aliphatic carbocycles. The highest BCUT2D eigenvalue weighted by atomic mass is 15.2. The van der Waals surface area contributed by atoms with Crippen LogP contribution in [0.5, 0.6) is 0 Å². The van der Waals surface area contributed by atoms with E-state index in [1.54, 1.807) is 7.05 Å². The molecule has 1 aromatic carbocycles. The van der Waals surface area contributed by atoms with Gasteiger partial charge in [-0.05, 0) is 37.0 Å². The van der Waals surface area contributed by atoms with Crippen LogP contribution in [0.1, 0.15) is 23.6 Å². The molecule has 5 heteroatoms. The molecule has 0 fully saturated rings. The molecule has 0 radical (unpaired) electrons. The van der Waals surface area contributed by atoms with E-state index in [2.05, 4.69) is 34.4 Å². The number of aliphatic imine (C=N–C) groups is 2. The van der Waals surface area contributed by atoms with Crippen molar-refractivity contribution in [3.8, 4) is 0 Å². The summed E-state index contributed by atoms with van der Waals surface area (Å²) in [6, 6.07) is 4.28. The zero-order valence-electron chi connectivity index (χ0n) is 11.4. The lowest BCUT2D eigenvalue weighted by atomic mass is 10.0. The second kappa shape index (κ2) is 6.05. The molecule has 5 N–H and O–H groups in total. The first kappa shape index (κ1) is 14.0. The standard InChI is InChI=1S/C13H21N5/c1-5-10-6-8(2)11(9(3)7-10)17-13(15)18-12(14)16-4/h6-7H,5H2,1-4H3,(H5,14,15,16,17,18). The van der Waals surface area contributed by atoms with Gasteiger partial charge in [-0.25, -0.2) is 0 Å². The predicted octanol–water partition coefficient (Wildman–Crippen LogP) is 1.54. The molecule has 98 valence electrons. The Kier molecular flexibility index (Phi) is 4.71. The lowest BCUT2D eigenvalue weighted by Crippen LogP contribution is -2.26. The number of hydrogen-bond acceptors (Lipinski definition) is 1. The number of rotatable bonds is 2. The van der Waals surface area contributed by atoms with Crippen molar-refractivity contribution in [2.24, 2.45) is 21.5 Å². The molecule has 0 amide bonds. The van der Waals surface area contributed by atoms with Gasteiger partial charge in [0, 0.05) is 12.7 Å². The number of nitrogens with one attached hydrogen (secondary N) is 1. The minimum Gasteiger partial charge on any atom is -0.369 e. The largest absolute Gasteiger partial charge is 0.369 e. The first-order chi connectivity index (χ1) is 8.47. The van der Waals surface area contributed by atoms with Gasteiger partial charge in [0.15, 0.2) is 0 Å². The third-order valence-electron chi connectivity index (χ3n) is 2.72. The molecule has 0 atom stereocenters. The smallest absolute Gasteiger partial charge is 0.218 e. The van der Waals surface area contributed by atoms with E-state index in [-0.39, 0.29) is 11.9 Å². The summed E-state index contributed by atoms with van der Waals surface area (Å²) >= 11 is 0. The second-order valence-electron chi connectivity index (χ2n) is 4.16. The summed E-state index contributed by atoms with van der Waals surface area (Å²) in [6.07, 6.45) is 1.01. The maximum absolute atomic E-state index is 5.77. The molecule has 0 aromatic heterocycles. The molecule has 0 spiro atoms. The molecule has 5 nitrogen and oxygen atoms in total. The van der Waals surface area contributed by atoms with Crippen LogP contribution < -0.4 is 16.8 Å². The van der Waals surface area contributed by atoms with Gasteiger partial charge in [-0.1, -0.05) is 19.1 Å². The van der Waals surface area contributed by atoms with Crippen LogP contribution in [0.4, 0.5) is 5.69 Å². The SMILES string of the molecule is CCc1cc(C)c(N/C(N)=N\C(N)=NC)c(C)c1. The summed E-state index contributed by atoms with van der Waals surface area (Å²) in [6.45, 7) is 6.22. The van der Waals surface area contributed by atoms with Crippen molar-refractivity contribution >= 4 is 17.6 Å². The van der Waals surface area contributed by atoms with Gasteiger partial charge in [0.1, 0.15) is 0 Å². The van der Waals surface area contributed by atoms with Gasteiger partial charge >= 0.3 is 0 Å². The summed E-state index contributed by atoms with van der Waals surface area (Å²) in [4.78, 5) is 7.66. The van der Waals surface area contributed by atoms with Crippen molar-refractivity contribution in [1.29, 1.82) is 0 Å². The first-order valence-electron chi connectivity index (χ1n) is 5.91. The minimum atomic E-state index is 0.153. The number of aryl methyl sites for hydroxylation is 3. The summed E-state index contributed by atoms with van der Waals surface area (Å²) < 4.78 is 0. The number of guanidine groups is 2. The summed E-state index contributed by atoms with van der Waals surface area (Å²) in [5.74, 6) is 0.397. The van der Waals surface area contributed by atoms with Gasteiger partial charge < -0.3 is 16.8 Å². The quantitative estimate of drug-likeness (QED) is 0.547. The van der Waals surface area contributed by atoms with Gasteiger partial charge in [-0.2, -0.15) is 4.99 Å². The highest BCUT2D eigenvalue weighted by Crippen LogP contribution is 2.22. The molecule has 0 aliphatic heterocycles. The number of hydrogen-bond donors (Lipinski definition) is 3. The molecular formula is C13H21N5. The zero-order valence-corrected chi connectivity index (χ0v) is 11.4. The lowest BCUT2D eigenvalue weighted by molar-refractivity contribution is 1.12. The van der Waals surface area contributed by atoms with Crippen LogP contribution in [0.2, 0.25) is 0 Å².